The molecule has 1 aliphatic rings. The predicted octanol–water partition coefficient (Wildman–Crippen LogP) is 2.12. The van der Waals surface area contributed by atoms with E-state index in [0.29, 0.717) is 18.4 Å². The van der Waals surface area contributed by atoms with Gasteiger partial charge in [-0.05, 0) is 37.0 Å². The molecule has 1 saturated carbocycles. The van der Waals surface area contributed by atoms with Crippen LogP contribution in [0.25, 0.3) is 0 Å². The Labute approximate surface area is 97.0 Å². The maximum atomic E-state index is 13.4. The van der Waals surface area contributed by atoms with E-state index in [2.05, 4.69) is 4.99 Å². The second-order valence-corrected chi connectivity index (χ2v) is 4.05. The first-order valence-electron chi connectivity index (χ1n) is 5.15. The minimum Gasteiger partial charge on any atom is -0.504 e. The molecule has 0 radical (unpaired) electrons. The monoisotopic (exact) mass is 232 g/mol. The fourth-order valence-corrected chi connectivity index (χ4v) is 2.02. The predicted molar refractivity (Wildman–Crippen MR) is 56.4 cm³/mol. The van der Waals surface area contributed by atoms with Crippen molar-refractivity contribution >= 4 is 6.08 Å². The first-order valence-corrected chi connectivity index (χ1v) is 5.15. The number of nitrogens with zero attached hydrogens (tertiary/aromatic N) is 2. The molecule has 1 aromatic rings. The number of hydrogen-bond donors (Lipinski definition) is 1. The van der Waals surface area contributed by atoms with Gasteiger partial charge in [-0.1, -0.05) is 0 Å². The van der Waals surface area contributed by atoms with Gasteiger partial charge >= 0.3 is 0 Å². The van der Waals surface area contributed by atoms with Crippen LogP contribution in [0.5, 0.6) is 5.75 Å². The quantitative estimate of drug-likeness (QED) is 0.627. The van der Waals surface area contributed by atoms with Gasteiger partial charge in [-0.3, -0.25) is 0 Å². The van der Waals surface area contributed by atoms with Crippen molar-refractivity contribution in [3.05, 3.63) is 29.1 Å². The van der Waals surface area contributed by atoms with Gasteiger partial charge in [0.2, 0.25) is 6.08 Å². The van der Waals surface area contributed by atoms with E-state index in [4.69, 9.17) is 5.26 Å². The lowest BCUT2D eigenvalue weighted by atomic mass is 9.72. The van der Waals surface area contributed by atoms with Crippen LogP contribution >= 0.6 is 0 Å². The molecule has 0 amide bonds. The summed E-state index contributed by atoms with van der Waals surface area (Å²) in [6.45, 7) is 0. The number of rotatable bonds is 2. The van der Waals surface area contributed by atoms with Gasteiger partial charge in [-0.25, -0.2) is 9.18 Å². The van der Waals surface area contributed by atoms with Crippen LogP contribution in [0.15, 0.2) is 17.1 Å². The molecule has 86 valence electrons. The molecule has 0 heterocycles. The second-order valence-electron chi connectivity index (χ2n) is 4.05. The normalized spacial score (nSPS) is 16.5. The zero-order chi connectivity index (χ0) is 12.5. The van der Waals surface area contributed by atoms with E-state index in [1.54, 1.807) is 6.07 Å². The zero-order valence-corrected chi connectivity index (χ0v) is 8.90. The highest BCUT2D eigenvalue weighted by Gasteiger charge is 2.39. The summed E-state index contributed by atoms with van der Waals surface area (Å²) in [6, 6.07) is 4.20. The largest absolute Gasteiger partial charge is 0.504 e. The molecule has 0 bridgehead atoms. The number of halogens is 1. The van der Waals surface area contributed by atoms with Crippen molar-refractivity contribution < 1.29 is 14.3 Å². The average Bonchev–Trinajstić information content (AvgIpc) is 2.27. The lowest BCUT2D eigenvalue weighted by molar-refractivity contribution is 0.254. The lowest BCUT2D eigenvalue weighted by Crippen LogP contribution is -2.32. The molecule has 1 N–H and O–H groups in total. The van der Waals surface area contributed by atoms with E-state index < -0.39 is 17.1 Å². The molecular weight excluding hydrogens is 223 g/mol. The topological polar surface area (TPSA) is 73.5 Å². The molecule has 0 aliphatic heterocycles. The second kappa shape index (κ2) is 4.00. The van der Waals surface area contributed by atoms with Crippen molar-refractivity contribution in [2.45, 2.75) is 24.8 Å². The van der Waals surface area contributed by atoms with Gasteiger partial charge in [0, 0.05) is 0 Å². The fourth-order valence-electron chi connectivity index (χ4n) is 2.02. The summed E-state index contributed by atoms with van der Waals surface area (Å²) in [5.74, 6) is -1.53. The number of nitriles is 1. The Kier molecular flexibility index (Phi) is 2.66. The number of isocyanates is 1. The summed E-state index contributed by atoms with van der Waals surface area (Å²) in [5, 5.41) is 18.1. The van der Waals surface area contributed by atoms with Crippen molar-refractivity contribution in [1.82, 2.24) is 0 Å². The summed E-state index contributed by atoms with van der Waals surface area (Å²) in [6.07, 6.45) is 3.62. The molecule has 0 saturated heterocycles. The van der Waals surface area contributed by atoms with E-state index in [1.807, 2.05) is 0 Å². The Morgan fingerprint density at radius 1 is 1.47 bits per heavy atom. The first kappa shape index (κ1) is 11.3. The third-order valence-electron chi connectivity index (χ3n) is 3.16. The molecule has 17 heavy (non-hydrogen) atoms. The highest BCUT2D eigenvalue weighted by molar-refractivity contribution is 5.49. The maximum absolute atomic E-state index is 13.4. The van der Waals surface area contributed by atoms with Crippen LogP contribution in [-0.4, -0.2) is 11.2 Å². The number of phenolic OH excluding ortho intramolecular Hbond substituents is 1. The number of aromatic hydroxyl groups is 1. The van der Waals surface area contributed by atoms with Crippen LogP contribution in [-0.2, 0) is 10.3 Å². The maximum Gasteiger partial charge on any atom is 0.235 e. The third-order valence-corrected chi connectivity index (χ3v) is 3.16. The van der Waals surface area contributed by atoms with Crippen LogP contribution in [0.4, 0.5) is 4.39 Å². The standard InChI is InChI=1S/C12H9FN2O2/c13-10-5-9(4-8(6-14)11(10)17)12(15-7-16)2-1-3-12/h4-5,17H,1-3H2. The van der Waals surface area contributed by atoms with Crippen molar-refractivity contribution in [3.63, 3.8) is 0 Å². The minimum absolute atomic E-state index is 0.146. The fraction of sp³-hybridized carbons (Fsp3) is 0.333. The highest BCUT2D eigenvalue weighted by atomic mass is 19.1. The van der Waals surface area contributed by atoms with E-state index >= 15 is 0 Å². The van der Waals surface area contributed by atoms with Crippen LogP contribution in [0, 0.1) is 17.1 Å². The van der Waals surface area contributed by atoms with Crippen molar-refractivity contribution in [2.75, 3.05) is 0 Å². The summed E-state index contributed by atoms with van der Waals surface area (Å²) in [7, 11) is 0. The van der Waals surface area contributed by atoms with Gasteiger partial charge in [-0.2, -0.15) is 10.3 Å². The third kappa shape index (κ3) is 1.69. The Morgan fingerprint density at radius 2 is 2.18 bits per heavy atom. The Hall–Kier alpha value is -2.18. The van der Waals surface area contributed by atoms with Gasteiger partial charge in [-0.15, -0.1) is 0 Å². The minimum atomic E-state index is -0.869. The number of carbonyl (C=O) groups excluding carboxylic acids is 1. The van der Waals surface area contributed by atoms with Gasteiger partial charge in [0.25, 0.3) is 0 Å². The van der Waals surface area contributed by atoms with E-state index in [0.717, 1.165) is 12.5 Å². The number of aliphatic imine (C=N–C) groups is 1. The van der Waals surface area contributed by atoms with Gasteiger partial charge in [0.05, 0.1) is 11.1 Å². The van der Waals surface area contributed by atoms with Crippen LogP contribution < -0.4 is 0 Å². The molecule has 0 spiro atoms. The van der Waals surface area contributed by atoms with E-state index in [9.17, 15) is 14.3 Å². The van der Waals surface area contributed by atoms with Crippen molar-refractivity contribution in [2.24, 2.45) is 4.99 Å². The SMILES string of the molecule is N#Cc1cc(C2(N=C=O)CCC2)cc(F)c1O. The molecule has 2 rings (SSSR count). The molecule has 4 nitrogen and oxygen atoms in total. The number of benzene rings is 1. The van der Waals surface area contributed by atoms with Gasteiger partial charge in [0.1, 0.15) is 6.07 Å². The molecule has 1 aliphatic carbocycles. The molecule has 0 aromatic heterocycles. The van der Waals surface area contributed by atoms with Crippen LogP contribution in [0.2, 0.25) is 0 Å². The van der Waals surface area contributed by atoms with E-state index in [1.165, 1.54) is 12.1 Å². The zero-order valence-electron chi connectivity index (χ0n) is 8.90. The molecule has 1 fully saturated rings. The molecule has 5 heteroatoms. The first-order chi connectivity index (χ1) is 8.13. The van der Waals surface area contributed by atoms with Crippen LogP contribution in [0.1, 0.15) is 30.4 Å². The van der Waals surface area contributed by atoms with Gasteiger partial charge in [0.15, 0.2) is 11.6 Å². The Bertz CT molecular complexity index is 552. The number of phenols is 1. The van der Waals surface area contributed by atoms with Crippen LogP contribution in [0.3, 0.4) is 0 Å². The summed E-state index contributed by atoms with van der Waals surface area (Å²) in [5.41, 5.74) is -0.464. The molecule has 0 atom stereocenters. The smallest absolute Gasteiger partial charge is 0.235 e. The summed E-state index contributed by atoms with van der Waals surface area (Å²) < 4.78 is 13.4. The van der Waals surface area contributed by atoms with Gasteiger partial charge < -0.3 is 5.11 Å². The number of hydrogen-bond acceptors (Lipinski definition) is 4. The Balaban J connectivity index is 2.57. The highest BCUT2D eigenvalue weighted by Crippen LogP contribution is 2.45. The Morgan fingerprint density at radius 3 is 2.65 bits per heavy atom. The molecule has 1 aromatic carbocycles. The van der Waals surface area contributed by atoms with Crippen molar-refractivity contribution in [3.8, 4) is 11.8 Å². The average molecular weight is 232 g/mol. The molecule has 0 unspecified atom stereocenters. The summed E-state index contributed by atoms with van der Waals surface area (Å²) >= 11 is 0. The van der Waals surface area contributed by atoms with E-state index in [-0.39, 0.29) is 5.56 Å². The molecular formula is C12H9FN2O2. The van der Waals surface area contributed by atoms with Crippen molar-refractivity contribution in [1.29, 1.82) is 5.26 Å². The lowest BCUT2D eigenvalue weighted by Gasteiger charge is -2.37. The summed E-state index contributed by atoms with van der Waals surface area (Å²) in [4.78, 5) is 14.1.